The molecule has 0 spiro atoms. The van der Waals surface area contributed by atoms with Gasteiger partial charge in [0.2, 0.25) is 0 Å². The quantitative estimate of drug-likeness (QED) is 0.751. The lowest BCUT2D eigenvalue weighted by molar-refractivity contribution is 0.0942. The minimum absolute atomic E-state index is 0. The monoisotopic (exact) mass is 312 g/mol. The van der Waals surface area contributed by atoms with Crippen molar-refractivity contribution in [2.75, 3.05) is 33.4 Å². The molecular formula is C15H21ClN2O3. The number of carbonyl (C=O) groups is 1. The van der Waals surface area contributed by atoms with Crippen molar-refractivity contribution in [3.63, 3.8) is 0 Å². The molecule has 0 atom stereocenters. The van der Waals surface area contributed by atoms with Crippen molar-refractivity contribution in [1.82, 2.24) is 10.6 Å². The van der Waals surface area contributed by atoms with Crippen molar-refractivity contribution >= 4 is 18.3 Å². The number of ether oxygens (including phenoxy) is 2. The zero-order valence-electron chi connectivity index (χ0n) is 12.1. The largest absolute Gasteiger partial charge is 0.493 e. The van der Waals surface area contributed by atoms with E-state index in [0.717, 1.165) is 13.1 Å². The van der Waals surface area contributed by atoms with Crippen LogP contribution < -0.4 is 20.1 Å². The highest BCUT2D eigenvalue weighted by molar-refractivity contribution is 5.94. The highest BCUT2D eigenvalue weighted by Gasteiger charge is 2.18. The smallest absolute Gasteiger partial charge is 0.251 e. The molecule has 1 heterocycles. The van der Waals surface area contributed by atoms with E-state index in [1.54, 1.807) is 31.4 Å². The number of hydrogen-bond acceptors (Lipinski definition) is 4. The fourth-order valence-electron chi connectivity index (χ4n) is 1.91. The molecule has 1 aliphatic rings. The van der Waals surface area contributed by atoms with E-state index in [-0.39, 0.29) is 18.3 Å². The first kappa shape index (κ1) is 17.3. The zero-order chi connectivity index (χ0) is 14.4. The fourth-order valence-corrected chi connectivity index (χ4v) is 1.91. The number of rotatable bonds is 7. The summed E-state index contributed by atoms with van der Waals surface area (Å²) in [5, 5.41) is 6.10. The van der Waals surface area contributed by atoms with Gasteiger partial charge in [0.15, 0.2) is 11.5 Å². The van der Waals surface area contributed by atoms with Crippen molar-refractivity contribution < 1.29 is 14.3 Å². The summed E-state index contributed by atoms with van der Waals surface area (Å²) in [6, 6.07) is 5.16. The molecule has 21 heavy (non-hydrogen) atoms. The topological polar surface area (TPSA) is 59.6 Å². The maximum absolute atomic E-state index is 12.0. The number of methoxy groups -OCH3 is 1. The minimum atomic E-state index is -0.0922. The maximum Gasteiger partial charge on any atom is 0.251 e. The standard InChI is InChI=1S/C15H20N2O3.ClH/c1-3-6-20-13-5-4-12(7-14(13)19-2)15(18)17-10-11-8-16-9-11;/h3-5,7,11,16H,1,6,8-10H2,2H3,(H,17,18);1H. The van der Waals surface area contributed by atoms with Gasteiger partial charge < -0.3 is 20.1 Å². The van der Waals surface area contributed by atoms with Gasteiger partial charge in [-0.1, -0.05) is 12.7 Å². The molecule has 2 rings (SSSR count). The summed E-state index contributed by atoms with van der Waals surface area (Å²) >= 11 is 0. The fraction of sp³-hybridized carbons (Fsp3) is 0.400. The predicted octanol–water partition coefficient (Wildman–Crippen LogP) is 1.63. The molecule has 0 unspecified atom stereocenters. The maximum atomic E-state index is 12.0. The summed E-state index contributed by atoms with van der Waals surface area (Å²) in [4.78, 5) is 12.0. The van der Waals surface area contributed by atoms with Crippen LogP contribution in [0, 0.1) is 5.92 Å². The molecule has 2 N–H and O–H groups in total. The Labute approximate surface area is 131 Å². The van der Waals surface area contributed by atoms with Crippen molar-refractivity contribution in [3.05, 3.63) is 36.4 Å². The average Bonchev–Trinajstić information content (AvgIpc) is 2.43. The molecule has 6 heteroatoms. The van der Waals surface area contributed by atoms with E-state index >= 15 is 0 Å². The molecule has 5 nitrogen and oxygen atoms in total. The first-order valence-electron chi connectivity index (χ1n) is 6.65. The van der Waals surface area contributed by atoms with Crippen molar-refractivity contribution in [2.45, 2.75) is 0 Å². The van der Waals surface area contributed by atoms with Crippen LogP contribution in [0.4, 0.5) is 0 Å². The highest BCUT2D eigenvalue weighted by atomic mass is 35.5. The third-order valence-electron chi connectivity index (χ3n) is 3.20. The van der Waals surface area contributed by atoms with Crippen LogP contribution in [0.2, 0.25) is 0 Å². The van der Waals surface area contributed by atoms with E-state index in [9.17, 15) is 4.79 Å². The first-order valence-corrected chi connectivity index (χ1v) is 6.65. The number of benzene rings is 1. The lowest BCUT2D eigenvalue weighted by Gasteiger charge is -2.27. The Morgan fingerprint density at radius 2 is 2.24 bits per heavy atom. The summed E-state index contributed by atoms with van der Waals surface area (Å²) in [5.41, 5.74) is 0.570. The van der Waals surface area contributed by atoms with Crippen molar-refractivity contribution in [2.24, 2.45) is 5.92 Å². The first-order chi connectivity index (χ1) is 9.74. The number of amides is 1. The van der Waals surface area contributed by atoms with Crippen LogP contribution in [-0.4, -0.2) is 39.3 Å². The highest BCUT2D eigenvalue weighted by Crippen LogP contribution is 2.28. The molecule has 0 radical (unpaired) electrons. The van der Waals surface area contributed by atoms with Gasteiger partial charge in [-0.15, -0.1) is 12.4 Å². The van der Waals surface area contributed by atoms with Gasteiger partial charge in [0.1, 0.15) is 6.61 Å². The second-order valence-corrected chi connectivity index (χ2v) is 4.70. The summed E-state index contributed by atoms with van der Waals surface area (Å²) in [6.45, 7) is 6.63. The van der Waals surface area contributed by atoms with Crippen LogP contribution in [0.1, 0.15) is 10.4 Å². The lowest BCUT2D eigenvalue weighted by Crippen LogP contribution is -2.48. The van der Waals surface area contributed by atoms with Crippen molar-refractivity contribution in [1.29, 1.82) is 0 Å². The molecular weight excluding hydrogens is 292 g/mol. The van der Waals surface area contributed by atoms with Crippen LogP contribution in [0.25, 0.3) is 0 Å². The number of nitrogens with one attached hydrogen (secondary N) is 2. The zero-order valence-corrected chi connectivity index (χ0v) is 12.9. The van der Waals surface area contributed by atoms with Gasteiger partial charge in [-0.2, -0.15) is 0 Å². The Kier molecular flexibility index (Phi) is 7.05. The van der Waals surface area contributed by atoms with Gasteiger partial charge in [0.25, 0.3) is 5.91 Å². The predicted molar refractivity (Wildman–Crippen MR) is 84.6 cm³/mol. The summed E-state index contributed by atoms with van der Waals surface area (Å²) in [7, 11) is 1.55. The molecule has 0 saturated carbocycles. The van der Waals surface area contributed by atoms with Gasteiger partial charge in [0, 0.05) is 31.1 Å². The average molecular weight is 313 g/mol. The van der Waals surface area contributed by atoms with Gasteiger partial charge >= 0.3 is 0 Å². The number of hydrogen-bond donors (Lipinski definition) is 2. The van der Waals surface area contributed by atoms with Gasteiger partial charge in [-0.05, 0) is 18.2 Å². The summed E-state index contributed by atoms with van der Waals surface area (Å²) < 4.78 is 10.7. The SMILES string of the molecule is C=CCOc1ccc(C(=O)NCC2CNC2)cc1OC.Cl. The summed E-state index contributed by atoms with van der Waals surface area (Å²) in [6.07, 6.45) is 1.66. The molecule has 0 aromatic heterocycles. The molecule has 0 aliphatic carbocycles. The molecule has 1 saturated heterocycles. The van der Waals surface area contributed by atoms with E-state index in [4.69, 9.17) is 9.47 Å². The second-order valence-electron chi connectivity index (χ2n) is 4.70. The third kappa shape index (κ3) is 4.65. The number of halogens is 1. The Morgan fingerprint density at radius 1 is 1.48 bits per heavy atom. The van der Waals surface area contributed by atoms with Crippen LogP contribution >= 0.6 is 12.4 Å². The van der Waals surface area contributed by atoms with E-state index < -0.39 is 0 Å². The molecule has 1 amide bonds. The molecule has 1 aliphatic heterocycles. The van der Waals surface area contributed by atoms with Crippen LogP contribution in [0.5, 0.6) is 11.5 Å². The van der Waals surface area contributed by atoms with E-state index in [1.807, 2.05) is 0 Å². The molecule has 0 bridgehead atoms. The minimum Gasteiger partial charge on any atom is -0.493 e. The van der Waals surface area contributed by atoms with E-state index in [0.29, 0.717) is 36.1 Å². The Morgan fingerprint density at radius 3 is 2.81 bits per heavy atom. The Bertz CT molecular complexity index is 490. The van der Waals surface area contributed by atoms with Crippen LogP contribution in [0.3, 0.4) is 0 Å². The lowest BCUT2D eigenvalue weighted by atomic mass is 10.0. The van der Waals surface area contributed by atoms with E-state index in [1.165, 1.54) is 0 Å². The normalized spacial score (nSPS) is 13.6. The Hall–Kier alpha value is -1.72. The van der Waals surface area contributed by atoms with Crippen molar-refractivity contribution in [3.8, 4) is 11.5 Å². The summed E-state index contributed by atoms with van der Waals surface area (Å²) in [5.74, 6) is 1.60. The van der Waals surface area contributed by atoms with Crippen LogP contribution in [-0.2, 0) is 0 Å². The Balaban J connectivity index is 0.00000220. The third-order valence-corrected chi connectivity index (χ3v) is 3.20. The molecule has 1 aromatic carbocycles. The molecule has 116 valence electrons. The molecule has 1 fully saturated rings. The van der Waals surface area contributed by atoms with E-state index in [2.05, 4.69) is 17.2 Å². The van der Waals surface area contributed by atoms with Gasteiger partial charge in [-0.3, -0.25) is 4.79 Å². The van der Waals surface area contributed by atoms with Gasteiger partial charge in [0.05, 0.1) is 7.11 Å². The number of carbonyl (C=O) groups excluding carboxylic acids is 1. The molecule has 1 aromatic rings. The second kappa shape index (κ2) is 8.54. The van der Waals surface area contributed by atoms with Crippen LogP contribution in [0.15, 0.2) is 30.9 Å². The van der Waals surface area contributed by atoms with Gasteiger partial charge in [-0.25, -0.2) is 0 Å².